The van der Waals surface area contributed by atoms with E-state index < -0.39 is 0 Å². The van der Waals surface area contributed by atoms with E-state index in [0.29, 0.717) is 6.79 Å². The number of ether oxygens (including phenoxy) is 2. The summed E-state index contributed by atoms with van der Waals surface area (Å²) >= 11 is 1.63. The fourth-order valence-corrected chi connectivity index (χ4v) is 3.70. The van der Waals surface area contributed by atoms with Crippen LogP contribution in [0.5, 0.6) is 11.5 Å². The maximum Gasteiger partial charge on any atom is 0.231 e. The van der Waals surface area contributed by atoms with Crippen LogP contribution in [-0.2, 0) is 12.8 Å². The Balaban J connectivity index is 1.32. The third-order valence-corrected chi connectivity index (χ3v) is 5.21. The predicted molar refractivity (Wildman–Crippen MR) is 94.1 cm³/mol. The van der Waals surface area contributed by atoms with Gasteiger partial charge in [-0.15, -0.1) is 10.2 Å². The van der Waals surface area contributed by atoms with Crippen molar-refractivity contribution in [2.24, 2.45) is 0 Å². The minimum absolute atomic E-state index is 0.305. The van der Waals surface area contributed by atoms with Gasteiger partial charge in [-0.25, -0.2) is 4.98 Å². The first-order valence-corrected chi connectivity index (χ1v) is 8.81. The molecular weight excluding hydrogens is 336 g/mol. The van der Waals surface area contributed by atoms with Gasteiger partial charge < -0.3 is 13.9 Å². The summed E-state index contributed by atoms with van der Waals surface area (Å²) in [6.07, 6.45) is 7.45. The largest absolute Gasteiger partial charge is 0.454 e. The molecule has 0 fully saturated rings. The molecule has 1 aliphatic heterocycles. The molecule has 4 aromatic rings. The molecule has 0 unspecified atom stereocenters. The molecule has 0 bridgehead atoms. The minimum atomic E-state index is 0.305. The molecule has 5 rings (SSSR count). The van der Waals surface area contributed by atoms with Gasteiger partial charge in [0.15, 0.2) is 11.5 Å². The van der Waals surface area contributed by atoms with Gasteiger partial charge in [-0.05, 0) is 36.2 Å². The van der Waals surface area contributed by atoms with Crippen LogP contribution in [0.3, 0.4) is 0 Å². The highest BCUT2D eigenvalue weighted by atomic mass is 32.1. The standard InChI is InChI=1S/C18H14N4O2S/c1-3-14-15(24-11-23-14)9-12(1)2-4-17-20-21-18(25-17)13-5-7-22-8-6-19-16(22)10-13/h1,3,5-10H,2,4,11H2. The minimum Gasteiger partial charge on any atom is -0.454 e. The molecule has 3 aromatic heterocycles. The number of nitrogens with zero attached hydrogens (tertiary/aromatic N) is 4. The molecule has 1 aliphatic rings. The molecule has 4 heterocycles. The molecule has 7 heteroatoms. The summed E-state index contributed by atoms with van der Waals surface area (Å²) < 4.78 is 12.7. The Hall–Kier alpha value is -2.93. The predicted octanol–water partition coefficient (Wildman–Crippen LogP) is 3.37. The number of imidazole rings is 1. The Labute approximate surface area is 147 Å². The number of rotatable bonds is 4. The molecule has 0 radical (unpaired) electrons. The monoisotopic (exact) mass is 350 g/mol. The summed E-state index contributed by atoms with van der Waals surface area (Å²) in [5, 5.41) is 10.6. The van der Waals surface area contributed by atoms with Crippen LogP contribution in [0.4, 0.5) is 0 Å². The average molecular weight is 350 g/mol. The topological polar surface area (TPSA) is 61.5 Å². The van der Waals surface area contributed by atoms with Crippen LogP contribution in [0, 0.1) is 0 Å². The average Bonchev–Trinajstić information content (AvgIpc) is 3.38. The molecule has 0 spiro atoms. The van der Waals surface area contributed by atoms with Crippen LogP contribution in [0.25, 0.3) is 16.2 Å². The van der Waals surface area contributed by atoms with Crippen molar-refractivity contribution in [3.63, 3.8) is 0 Å². The zero-order valence-corrected chi connectivity index (χ0v) is 14.1. The highest BCUT2D eigenvalue weighted by Crippen LogP contribution is 2.33. The van der Waals surface area contributed by atoms with Gasteiger partial charge in [0.05, 0.1) is 0 Å². The van der Waals surface area contributed by atoms with Crippen LogP contribution < -0.4 is 9.47 Å². The van der Waals surface area contributed by atoms with E-state index in [1.165, 1.54) is 5.56 Å². The maximum absolute atomic E-state index is 5.43. The van der Waals surface area contributed by atoms with Crippen molar-refractivity contribution in [1.82, 2.24) is 19.6 Å². The lowest BCUT2D eigenvalue weighted by molar-refractivity contribution is 0.174. The molecule has 0 N–H and O–H groups in total. The Morgan fingerprint density at radius 1 is 1.00 bits per heavy atom. The van der Waals surface area contributed by atoms with Gasteiger partial charge in [-0.3, -0.25) is 0 Å². The van der Waals surface area contributed by atoms with E-state index in [2.05, 4.69) is 21.2 Å². The molecule has 1 aromatic carbocycles. The fraction of sp³-hybridized carbons (Fsp3) is 0.167. The van der Waals surface area contributed by atoms with E-state index in [1.807, 2.05) is 41.1 Å². The fourth-order valence-electron chi connectivity index (χ4n) is 2.86. The van der Waals surface area contributed by atoms with Gasteiger partial charge in [0.2, 0.25) is 6.79 Å². The van der Waals surface area contributed by atoms with Crippen molar-refractivity contribution < 1.29 is 9.47 Å². The van der Waals surface area contributed by atoms with Gasteiger partial charge in [0.25, 0.3) is 0 Å². The summed E-state index contributed by atoms with van der Waals surface area (Å²) in [6, 6.07) is 10.1. The van der Waals surface area contributed by atoms with Crippen molar-refractivity contribution in [3.8, 4) is 22.1 Å². The maximum atomic E-state index is 5.43. The van der Waals surface area contributed by atoms with E-state index in [-0.39, 0.29) is 0 Å². The summed E-state index contributed by atoms with van der Waals surface area (Å²) in [5.74, 6) is 1.64. The molecule has 0 atom stereocenters. The van der Waals surface area contributed by atoms with Gasteiger partial charge in [0.1, 0.15) is 15.7 Å². The highest BCUT2D eigenvalue weighted by Gasteiger charge is 2.14. The zero-order valence-electron chi connectivity index (χ0n) is 13.3. The Morgan fingerprint density at radius 3 is 2.96 bits per heavy atom. The molecule has 6 nitrogen and oxygen atoms in total. The number of fused-ring (bicyclic) bond motifs is 2. The van der Waals surface area contributed by atoms with Crippen molar-refractivity contribution in [1.29, 1.82) is 0 Å². The molecule has 0 amide bonds. The number of pyridine rings is 1. The zero-order chi connectivity index (χ0) is 16.6. The molecule has 0 aliphatic carbocycles. The van der Waals surface area contributed by atoms with Crippen LogP contribution in [0.2, 0.25) is 0 Å². The summed E-state index contributed by atoms with van der Waals surface area (Å²) in [4.78, 5) is 4.31. The summed E-state index contributed by atoms with van der Waals surface area (Å²) in [6.45, 7) is 0.305. The lowest BCUT2D eigenvalue weighted by atomic mass is 10.1. The second kappa shape index (κ2) is 5.86. The molecule has 25 heavy (non-hydrogen) atoms. The second-order valence-corrected chi connectivity index (χ2v) is 6.86. The first-order chi connectivity index (χ1) is 12.3. The number of aromatic nitrogens is 4. The van der Waals surface area contributed by atoms with Gasteiger partial charge in [0, 0.05) is 30.6 Å². The van der Waals surface area contributed by atoms with E-state index in [0.717, 1.165) is 45.6 Å². The van der Waals surface area contributed by atoms with Crippen molar-refractivity contribution >= 4 is 17.0 Å². The number of hydrogen-bond acceptors (Lipinski definition) is 6. The number of hydrogen-bond donors (Lipinski definition) is 0. The lowest BCUT2D eigenvalue weighted by Crippen LogP contribution is -1.93. The van der Waals surface area contributed by atoms with E-state index in [9.17, 15) is 0 Å². The highest BCUT2D eigenvalue weighted by molar-refractivity contribution is 7.14. The van der Waals surface area contributed by atoms with Gasteiger partial charge >= 0.3 is 0 Å². The number of aryl methyl sites for hydroxylation is 2. The third-order valence-electron chi connectivity index (χ3n) is 4.18. The quantitative estimate of drug-likeness (QED) is 0.565. The van der Waals surface area contributed by atoms with E-state index in [1.54, 1.807) is 17.5 Å². The Morgan fingerprint density at radius 2 is 1.96 bits per heavy atom. The van der Waals surface area contributed by atoms with E-state index in [4.69, 9.17) is 9.47 Å². The molecule has 124 valence electrons. The van der Waals surface area contributed by atoms with Crippen LogP contribution in [-0.4, -0.2) is 26.4 Å². The van der Waals surface area contributed by atoms with Crippen LogP contribution in [0.15, 0.2) is 48.9 Å². The number of benzene rings is 1. The smallest absolute Gasteiger partial charge is 0.231 e. The van der Waals surface area contributed by atoms with E-state index >= 15 is 0 Å². The first-order valence-electron chi connectivity index (χ1n) is 7.99. The first kappa shape index (κ1) is 14.4. The van der Waals surface area contributed by atoms with Crippen molar-refractivity contribution in [3.05, 3.63) is 59.5 Å². The van der Waals surface area contributed by atoms with Crippen molar-refractivity contribution in [2.45, 2.75) is 12.8 Å². The second-order valence-electron chi connectivity index (χ2n) is 5.80. The SMILES string of the molecule is c1cn2ccc(-c3nnc(CCc4ccc5c(c4)OCO5)s3)cc2n1. The van der Waals surface area contributed by atoms with Crippen LogP contribution >= 0.6 is 11.3 Å². The van der Waals surface area contributed by atoms with Crippen molar-refractivity contribution in [2.75, 3.05) is 6.79 Å². The van der Waals surface area contributed by atoms with Crippen LogP contribution in [0.1, 0.15) is 10.6 Å². The third kappa shape index (κ3) is 2.72. The summed E-state index contributed by atoms with van der Waals surface area (Å²) in [5.41, 5.74) is 3.17. The van der Waals surface area contributed by atoms with Gasteiger partial charge in [-0.1, -0.05) is 17.4 Å². The van der Waals surface area contributed by atoms with Gasteiger partial charge in [-0.2, -0.15) is 0 Å². The molecule has 0 saturated heterocycles. The normalized spacial score (nSPS) is 12.8. The summed E-state index contributed by atoms with van der Waals surface area (Å²) in [7, 11) is 0. The molecule has 0 saturated carbocycles. The lowest BCUT2D eigenvalue weighted by Gasteiger charge is -2.01. The Kier molecular flexibility index (Phi) is 3.38. The molecular formula is C18H14N4O2S. The Bertz CT molecular complexity index is 1060.